The average Bonchev–Trinajstić information content (AvgIpc) is 2.70. The van der Waals surface area contributed by atoms with Crippen LogP contribution in [0.2, 0.25) is 5.02 Å². The summed E-state index contributed by atoms with van der Waals surface area (Å²) in [6.45, 7) is -0.0894. The van der Waals surface area contributed by atoms with E-state index in [1.165, 1.54) is 0 Å². The molecular weight excluding hydrogens is 270 g/mol. The lowest BCUT2D eigenvalue weighted by Crippen LogP contribution is -2.40. The molecule has 0 radical (unpaired) electrons. The smallest absolute Gasteiger partial charge is 0.325 e. The second-order valence-corrected chi connectivity index (χ2v) is 4.41. The molecule has 0 aliphatic carbocycles. The summed E-state index contributed by atoms with van der Waals surface area (Å²) in [5.74, 6) is -0.816. The van der Waals surface area contributed by atoms with Crippen molar-refractivity contribution in [3.8, 4) is 0 Å². The highest BCUT2D eigenvalue weighted by atomic mass is 35.5. The van der Waals surface area contributed by atoms with E-state index in [0.717, 1.165) is 10.5 Å². The summed E-state index contributed by atoms with van der Waals surface area (Å²) < 4.78 is 0. The number of nitrogens with zero attached hydrogens (tertiary/aromatic N) is 1. The lowest BCUT2D eigenvalue weighted by molar-refractivity contribution is -0.130. The molecule has 0 aromatic heterocycles. The number of rotatable bonds is 4. The molecule has 1 aliphatic rings. The van der Waals surface area contributed by atoms with Gasteiger partial charge in [0.2, 0.25) is 5.91 Å². The lowest BCUT2D eigenvalue weighted by Gasteiger charge is -2.12. The number of carbonyl (C=O) groups excluding carboxylic acids is 3. The second kappa shape index (κ2) is 5.71. The van der Waals surface area contributed by atoms with E-state index in [1.54, 1.807) is 18.2 Å². The standard InChI is InChI=1S/C12H12ClN3O3/c13-9-4-2-1-3-8(9)5-14-10(17)7-16-11(18)6-15-12(16)19/h1-4H,5-7H2,(H,14,17)(H,15,19). The van der Waals surface area contributed by atoms with Crippen LogP contribution < -0.4 is 10.6 Å². The third-order valence-corrected chi connectivity index (χ3v) is 3.04. The van der Waals surface area contributed by atoms with Crippen LogP contribution in [0.15, 0.2) is 24.3 Å². The minimum absolute atomic E-state index is 0.0589. The van der Waals surface area contributed by atoms with Crippen molar-refractivity contribution in [2.45, 2.75) is 6.54 Å². The fourth-order valence-electron chi connectivity index (χ4n) is 1.65. The van der Waals surface area contributed by atoms with Crippen molar-refractivity contribution in [3.63, 3.8) is 0 Å². The fraction of sp³-hybridized carbons (Fsp3) is 0.250. The van der Waals surface area contributed by atoms with Crippen LogP contribution in [0.3, 0.4) is 0 Å². The molecule has 0 spiro atoms. The number of carbonyl (C=O) groups is 3. The molecule has 0 unspecified atom stereocenters. The van der Waals surface area contributed by atoms with Gasteiger partial charge in [-0.3, -0.25) is 14.5 Å². The maximum Gasteiger partial charge on any atom is 0.325 e. The Kier molecular flexibility index (Phi) is 4.01. The molecule has 7 heteroatoms. The Hall–Kier alpha value is -2.08. The van der Waals surface area contributed by atoms with Gasteiger partial charge in [-0.05, 0) is 11.6 Å². The first-order valence-electron chi connectivity index (χ1n) is 5.66. The van der Waals surface area contributed by atoms with Gasteiger partial charge in [0.15, 0.2) is 0 Å². The molecule has 100 valence electrons. The van der Waals surface area contributed by atoms with E-state index in [4.69, 9.17) is 11.6 Å². The molecule has 1 aromatic carbocycles. The zero-order valence-electron chi connectivity index (χ0n) is 9.98. The van der Waals surface area contributed by atoms with Crippen LogP contribution in [-0.4, -0.2) is 35.8 Å². The van der Waals surface area contributed by atoms with E-state index < -0.39 is 17.8 Å². The van der Waals surface area contributed by atoms with E-state index in [1.807, 2.05) is 6.07 Å². The largest absolute Gasteiger partial charge is 0.350 e. The van der Waals surface area contributed by atoms with Gasteiger partial charge in [0.25, 0.3) is 5.91 Å². The van der Waals surface area contributed by atoms with E-state index in [-0.39, 0.29) is 19.6 Å². The lowest BCUT2D eigenvalue weighted by atomic mass is 10.2. The Morgan fingerprint density at radius 1 is 1.37 bits per heavy atom. The molecule has 0 atom stereocenters. The van der Waals surface area contributed by atoms with Gasteiger partial charge in [-0.2, -0.15) is 0 Å². The number of hydrogen-bond acceptors (Lipinski definition) is 3. The van der Waals surface area contributed by atoms with Crippen LogP contribution in [0.5, 0.6) is 0 Å². The highest BCUT2D eigenvalue weighted by Gasteiger charge is 2.29. The van der Waals surface area contributed by atoms with Gasteiger partial charge in [0.1, 0.15) is 6.54 Å². The van der Waals surface area contributed by atoms with E-state index in [2.05, 4.69) is 10.6 Å². The van der Waals surface area contributed by atoms with E-state index in [0.29, 0.717) is 5.02 Å². The summed E-state index contributed by atoms with van der Waals surface area (Å²) in [6.07, 6.45) is 0. The number of imide groups is 1. The van der Waals surface area contributed by atoms with Crippen LogP contribution in [0, 0.1) is 0 Å². The van der Waals surface area contributed by atoms with Crippen LogP contribution in [0.1, 0.15) is 5.56 Å². The van der Waals surface area contributed by atoms with E-state index >= 15 is 0 Å². The molecule has 1 fully saturated rings. The molecule has 1 aliphatic heterocycles. The highest BCUT2D eigenvalue weighted by molar-refractivity contribution is 6.31. The summed E-state index contributed by atoms with van der Waals surface area (Å²) in [5.41, 5.74) is 0.773. The van der Waals surface area contributed by atoms with Gasteiger partial charge in [-0.1, -0.05) is 29.8 Å². The minimum atomic E-state index is -0.544. The van der Waals surface area contributed by atoms with Crippen molar-refractivity contribution in [3.05, 3.63) is 34.9 Å². The first kappa shape index (κ1) is 13.4. The summed E-state index contributed by atoms with van der Waals surface area (Å²) in [7, 11) is 0. The highest BCUT2D eigenvalue weighted by Crippen LogP contribution is 2.14. The summed E-state index contributed by atoms with van der Waals surface area (Å²) in [6, 6.07) is 6.57. The van der Waals surface area contributed by atoms with E-state index in [9.17, 15) is 14.4 Å². The Morgan fingerprint density at radius 3 is 2.74 bits per heavy atom. The predicted molar refractivity (Wildman–Crippen MR) is 68.4 cm³/mol. The third kappa shape index (κ3) is 3.23. The number of benzene rings is 1. The summed E-state index contributed by atoms with van der Waals surface area (Å²) in [5, 5.41) is 5.51. The molecule has 6 nitrogen and oxygen atoms in total. The molecule has 1 aromatic rings. The Bertz CT molecular complexity index is 517. The Balaban J connectivity index is 1.87. The number of halogens is 1. The molecule has 2 rings (SSSR count). The maximum atomic E-state index is 11.6. The monoisotopic (exact) mass is 281 g/mol. The molecule has 0 saturated carbocycles. The minimum Gasteiger partial charge on any atom is -0.350 e. The van der Waals surface area contributed by atoms with Crippen molar-refractivity contribution >= 4 is 29.4 Å². The van der Waals surface area contributed by atoms with Crippen molar-refractivity contribution in [2.75, 3.05) is 13.1 Å². The van der Waals surface area contributed by atoms with Crippen LogP contribution in [-0.2, 0) is 16.1 Å². The molecule has 1 saturated heterocycles. The normalized spacial score (nSPS) is 14.5. The molecular formula is C12H12ClN3O3. The Morgan fingerprint density at radius 2 is 2.11 bits per heavy atom. The van der Waals surface area contributed by atoms with Crippen LogP contribution >= 0.6 is 11.6 Å². The van der Waals surface area contributed by atoms with Crippen molar-refractivity contribution < 1.29 is 14.4 Å². The zero-order valence-corrected chi connectivity index (χ0v) is 10.7. The zero-order chi connectivity index (χ0) is 13.8. The van der Waals surface area contributed by atoms with Gasteiger partial charge in [-0.25, -0.2) is 4.79 Å². The topological polar surface area (TPSA) is 78.5 Å². The number of amides is 4. The average molecular weight is 282 g/mol. The fourth-order valence-corrected chi connectivity index (χ4v) is 1.85. The Labute approximate surface area is 114 Å². The number of nitrogens with one attached hydrogen (secondary N) is 2. The van der Waals surface area contributed by atoms with Crippen molar-refractivity contribution in [2.24, 2.45) is 0 Å². The van der Waals surface area contributed by atoms with Gasteiger partial charge >= 0.3 is 6.03 Å². The molecule has 4 amide bonds. The molecule has 0 bridgehead atoms. The second-order valence-electron chi connectivity index (χ2n) is 4.01. The SMILES string of the molecule is O=C(CN1C(=O)CNC1=O)NCc1ccccc1Cl. The van der Waals surface area contributed by atoms with Gasteiger partial charge in [0.05, 0.1) is 6.54 Å². The van der Waals surface area contributed by atoms with Crippen LogP contribution in [0.4, 0.5) is 4.79 Å². The maximum absolute atomic E-state index is 11.6. The van der Waals surface area contributed by atoms with Gasteiger partial charge in [-0.15, -0.1) is 0 Å². The summed E-state index contributed by atoms with van der Waals surface area (Å²) in [4.78, 5) is 35.1. The molecule has 19 heavy (non-hydrogen) atoms. The van der Waals surface area contributed by atoms with Gasteiger partial charge in [0, 0.05) is 11.6 Å². The quantitative estimate of drug-likeness (QED) is 0.789. The predicted octanol–water partition coefficient (Wildman–Crippen LogP) is 0.508. The van der Waals surface area contributed by atoms with Crippen molar-refractivity contribution in [1.82, 2.24) is 15.5 Å². The number of hydrogen-bond donors (Lipinski definition) is 2. The van der Waals surface area contributed by atoms with Gasteiger partial charge < -0.3 is 10.6 Å². The molecule has 1 heterocycles. The van der Waals surface area contributed by atoms with Crippen molar-refractivity contribution in [1.29, 1.82) is 0 Å². The summed E-state index contributed by atoms with van der Waals surface area (Å²) >= 11 is 5.94. The first-order chi connectivity index (χ1) is 9.08. The van der Waals surface area contributed by atoms with Crippen LogP contribution in [0.25, 0.3) is 0 Å². The third-order valence-electron chi connectivity index (χ3n) is 2.67. The number of urea groups is 1. The first-order valence-corrected chi connectivity index (χ1v) is 6.04. The molecule has 2 N–H and O–H groups in total.